The molecule has 2 aromatic rings. The Morgan fingerprint density at radius 1 is 1.29 bits per heavy atom. The third kappa shape index (κ3) is 3.88. The first-order valence-electron chi connectivity index (χ1n) is 8.16. The van der Waals surface area contributed by atoms with Gasteiger partial charge in [0.1, 0.15) is 5.75 Å². The van der Waals surface area contributed by atoms with E-state index in [0.29, 0.717) is 11.7 Å². The summed E-state index contributed by atoms with van der Waals surface area (Å²) in [7, 11) is 1.69. The molecule has 1 aromatic carbocycles. The Hall–Kier alpha value is -1.63. The number of hydrogen-bond donors (Lipinski definition) is 0. The van der Waals surface area contributed by atoms with Crippen molar-refractivity contribution in [2.24, 2.45) is 0 Å². The van der Waals surface area contributed by atoms with Gasteiger partial charge >= 0.3 is 0 Å². The van der Waals surface area contributed by atoms with Crippen molar-refractivity contribution in [3.05, 3.63) is 40.5 Å². The number of halogens is 1. The van der Waals surface area contributed by atoms with Crippen LogP contribution in [0, 0.1) is 6.92 Å². The van der Waals surface area contributed by atoms with E-state index in [-0.39, 0.29) is 6.04 Å². The van der Waals surface area contributed by atoms with Crippen molar-refractivity contribution in [1.82, 2.24) is 19.9 Å². The molecule has 6 nitrogen and oxygen atoms in total. The highest BCUT2D eigenvalue weighted by molar-refractivity contribution is 6.30. The SMILES string of the molecule is COc1ccc(Cl)cc1CN1CCN(C(C)c2nc(C)no2)CC1. The number of ether oxygens (including phenoxy) is 1. The summed E-state index contributed by atoms with van der Waals surface area (Å²) in [4.78, 5) is 9.13. The van der Waals surface area contributed by atoms with Gasteiger partial charge in [-0.3, -0.25) is 9.80 Å². The third-order valence-corrected chi connectivity index (χ3v) is 4.73. The average molecular weight is 351 g/mol. The van der Waals surface area contributed by atoms with Gasteiger partial charge < -0.3 is 9.26 Å². The van der Waals surface area contributed by atoms with Crippen LogP contribution in [0.3, 0.4) is 0 Å². The molecule has 1 unspecified atom stereocenters. The van der Waals surface area contributed by atoms with E-state index >= 15 is 0 Å². The summed E-state index contributed by atoms with van der Waals surface area (Å²) in [5.74, 6) is 2.26. The van der Waals surface area contributed by atoms with E-state index in [0.717, 1.165) is 49.1 Å². The highest BCUT2D eigenvalue weighted by Gasteiger charge is 2.25. The van der Waals surface area contributed by atoms with Crippen LogP contribution in [0.25, 0.3) is 0 Å². The molecule has 2 heterocycles. The standard InChI is InChI=1S/C17H23ClN4O2/c1-12(17-19-13(2)20-24-17)22-8-6-21(7-9-22)11-14-10-15(18)4-5-16(14)23-3/h4-5,10,12H,6-9,11H2,1-3H3. The zero-order chi connectivity index (χ0) is 17.1. The van der Waals surface area contributed by atoms with Crippen LogP contribution < -0.4 is 4.74 Å². The minimum Gasteiger partial charge on any atom is -0.496 e. The first-order valence-corrected chi connectivity index (χ1v) is 8.53. The summed E-state index contributed by atoms with van der Waals surface area (Å²) in [6, 6.07) is 5.91. The molecule has 7 heteroatoms. The lowest BCUT2D eigenvalue weighted by molar-refractivity contribution is 0.0841. The molecule has 0 bridgehead atoms. The van der Waals surface area contributed by atoms with Crippen LogP contribution in [0.2, 0.25) is 5.02 Å². The summed E-state index contributed by atoms with van der Waals surface area (Å²) >= 11 is 6.12. The Morgan fingerprint density at radius 2 is 2.04 bits per heavy atom. The lowest BCUT2D eigenvalue weighted by atomic mass is 10.1. The number of piperazine rings is 1. The van der Waals surface area contributed by atoms with E-state index in [4.69, 9.17) is 20.9 Å². The number of aryl methyl sites for hydroxylation is 1. The van der Waals surface area contributed by atoms with Gasteiger partial charge in [0.15, 0.2) is 5.82 Å². The maximum Gasteiger partial charge on any atom is 0.243 e. The van der Waals surface area contributed by atoms with Gasteiger partial charge in [-0.25, -0.2) is 0 Å². The topological polar surface area (TPSA) is 54.6 Å². The van der Waals surface area contributed by atoms with Gasteiger partial charge in [0.2, 0.25) is 5.89 Å². The summed E-state index contributed by atoms with van der Waals surface area (Å²) in [5, 5.41) is 4.62. The molecule has 1 fully saturated rings. The van der Waals surface area contributed by atoms with Crippen molar-refractivity contribution >= 4 is 11.6 Å². The van der Waals surface area contributed by atoms with E-state index in [1.54, 1.807) is 7.11 Å². The van der Waals surface area contributed by atoms with E-state index in [1.807, 2.05) is 25.1 Å². The van der Waals surface area contributed by atoms with Crippen LogP contribution in [0.5, 0.6) is 5.75 Å². The summed E-state index contributed by atoms with van der Waals surface area (Å²) in [5.41, 5.74) is 1.12. The van der Waals surface area contributed by atoms with Crippen LogP contribution in [0.1, 0.15) is 30.2 Å². The fourth-order valence-electron chi connectivity index (χ4n) is 3.06. The van der Waals surface area contributed by atoms with Gasteiger partial charge in [0, 0.05) is 43.3 Å². The van der Waals surface area contributed by atoms with Crippen LogP contribution in [0.15, 0.2) is 22.7 Å². The van der Waals surface area contributed by atoms with Gasteiger partial charge in [0.25, 0.3) is 0 Å². The fourth-order valence-corrected chi connectivity index (χ4v) is 3.25. The molecule has 130 valence electrons. The van der Waals surface area contributed by atoms with Gasteiger partial charge in [-0.2, -0.15) is 4.98 Å². The molecule has 0 N–H and O–H groups in total. The largest absolute Gasteiger partial charge is 0.496 e. The minimum atomic E-state index is 0.147. The molecule has 1 atom stereocenters. The summed E-state index contributed by atoms with van der Waals surface area (Å²) in [6.45, 7) is 8.68. The zero-order valence-corrected chi connectivity index (χ0v) is 15.1. The lowest BCUT2D eigenvalue weighted by Crippen LogP contribution is -2.46. The second kappa shape index (κ2) is 7.51. The van der Waals surface area contributed by atoms with Crippen molar-refractivity contribution < 1.29 is 9.26 Å². The van der Waals surface area contributed by atoms with Crippen LogP contribution in [-0.2, 0) is 6.54 Å². The maximum atomic E-state index is 6.12. The fraction of sp³-hybridized carbons (Fsp3) is 0.529. The molecule has 1 aliphatic rings. The Morgan fingerprint density at radius 3 is 2.67 bits per heavy atom. The highest BCUT2D eigenvalue weighted by Crippen LogP contribution is 2.25. The number of benzene rings is 1. The predicted molar refractivity (Wildman–Crippen MR) is 92.3 cm³/mol. The number of nitrogens with zero attached hydrogens (tertiary/aromatic N) is 4. The van der Waals surface area contributed by atoms with Gasteiger partial charge in [-0.15, -0.1) is 0 Å². The Bertz CT molecular complexity index is 683. The molecule has 24 heavy (non-hydrogen) atoms. The zero-order valence-electron chi connectivity index (χ0n) is 14.3. The van der Waals surface area contributed by atoms with Crippen LogP contribution >= 0.6 is 11.6 Å². The van der Waals surface area contributed by atoms with Gasteiger partial charge in [0.05, 0.1) is 13.2 Å². The van der Waals surface area contributed by atoms with Crippen molar-refractivity contribution in [2.45, 2.75) is 26.4 Å². The van der Waals surface area contributed by atoms with Gasteiger partial charge in [-0.1, -0.05) is 16.8 Å². The van der Waals surface area contributed by atoms with E-state index in [1.165, 1.54) is 0 Å². The number of methoxy groups -OCH3 is 1. The Labute approximate surface area is 147 Å². The van der Waals surface area contributed by atoms with Crippen molar-refractivity contribution in [3.8, 4) is 5.75 Å². The smallest absolute Gasteiger partial charge is 0.243 e. The quantitative estimate of drug-likeness (QED) is 0.826. The van der Waals surface area contributed by atoms with Crippen molar-refractivity contribution in [2.75, 3.05) is 33.3 Å². The number of rotatable bonds is 5. The van der Waals surface area contributed by atoms with E-state index in [9.17, 15) is 0 Å². The minimum absolute atomic E-state index is 0.147. The molecule has 0 amide bonds. The monoisotopic (exact) mass is 350 g/mol. The molecule has 0 radical (unpaired) electrons. The summed E-state index contributed by atoms with van der Waals surface area (Å²) < 4.78 is 10.7. The number of aromatic nitrogens is 2. The molecule has 0 spiro atoms. The summed E-state index contributed by atoms with van der Waals surface area (Å²) in [6.07, 6.45) is 0. The first kappa shape index (κ1) is 17.2. The van der Waals surface area contributed by atoms with Crippen LogP contribution in [0.4, 0.5) is 0 Å². The molecule has 1 aliphatic heterocycles. The average Bonchev–Trinajstić information content (AvgIpc) is 3.02. The molecule has 1 aromatic heterocycles. The normalized spacial score (nSPS) is 17.8. The second-order valence-corrected chi connectivity index (χ2v) is 6.56. The predicted octanol–water partition coefficient (Wildman–Crippen LogP) is 2.92. The van der Waals surface area contributed by atoms with Crippen molar-refractivity contribution in [3.63, 3.8) is 0 Å². The van der Waals surface area contributed by atoms with E-state index in [2.05, 4.69) is 26.9 Å². The molecule has 3 rings (SSSR count). The number of hydrogen-bond acceptors (Lipinski definition) is 6. The first-order chi connectivity index (χ1) is 11.6. The highest BCUT2D eigenvalue weighted by atomic mass is 35.5. The Balaban J connectivity index is 1.58. The van der Waals surface area contributed by atoms with E-state index < -0.39 is 0 Å². The molecule has 0 saturated carbocycles. The lowest BCUT2D eigenvalue weighted by Gasteiger charge is -2.37. The maximum absolute atomic E-state index is 6.12. The third-order valence-electron chi connectivity index (χ3n) is 4.49. The van der Waals surface area contributed by atoms with Gasteiger partial charge in [-0.05, 0) is 32.0 Å². The second-order valence-electron chi connectivity index (χ2n) is 6.12. The molecule has 1 saturated heterocycles. The molecule has 0 aliphatic carbocycles. The van der Waals surface area contributed by atoms with Crippen molar-refractivity contribution in [1.29, 1.82) is 0 Å². The Kier molecular flexibility index (Phi) is 5.38. The molecular formula is C17H23ClN4O2. The van der Waals surface area contributed by atoms with Crippen LogP contribution in [-0.4, -0.2) is 53.2 Å². The molecular weight excluding hydrogens is 328 g/mol.